The Hall–Kier alpha value is -2.48. The number of nitrogens with zero attached hydrogens (tertiary/aromatic N) is 3. The van der Waals surface area contributed by atoms with Gasteiger partial charge in [0.2, 0.25) is 6.79 Å². The summed E-state index contributed by atoms with van der Waals surface area (Å²) < 4.78 is 17.2. The van der Waals surface area contributed by atoms with Gasteiger partial charge >= 0.3 is 5.97 Å². The van der Waals surface area contributed by atoms with Crippen LogP contribution in [0.3, 0.4) is 0 Å². The summed E-state index contributed by atoms with van der Waals surface area (Å²) in [5.74, 6) is 1.13. The number of hydrogen-bond donors (Lipinski definition) is 0. The summed E-state index contributed by atoms with van der Waals surface area (Å²) in [6, 6.07) is 11.9. The molecule has 9 heteroatoms. The van der Waals surface area contributed by atoms with E-state index in [9.17, 15) is 4.79 Å². The fraction of sp³-hybridized carbons (Fsp3) is 0.576. The summed E-state index contributed by atoms with van der Waals surface area (Å²) in [5, 5.41) is 1.24. The molecule has 7 nitrogen and oxygen atoms in total. The van der Waals surface area contributed by atoms with E-state index in [1.54, 1.807) is 0 Å². The topological polar surface area (TPSA) is 63.6 Å². The Morgan fingerprint density at radius 3 is 2.45 bits per heavy atom. The quantitative estimate of drug-likeness (QED) is 0.145. The first-order valence-corrected chi connectivity index (χ1v) is 15.7. The molecule has 0 unspecified atom stereocenters. The van der Waals surface area contributed by atoms with E-state index in [-0.39, 0.29) is 18.2 Å². The van der Waals surface area contributed by atoms with Crippen molar-refractivity contribution in [1.29, 1.82) is 0 Å². The molecule has 0 aromatic heterocycles. The van der Waals surface area contributed by atoms with Crippen molar-refractivity contribution < 1.29 is 19.0 Å². The highest BCUT2D eigenvalue weighted by Crippen LogP contribution is 2.35. The minimum absolute atomic E-state index is 0.0323. The van der Waals surface area contributed by atoms with Crippen LogP contribution in [0.5, 0.6) is 5.75 Å². The standard InChI is InChI=1S/C33H45Cl2N3O4/c1-32(2,3)22-33(4,5)31(39)42-23-41-29-14-12-24-11-13-25(21-27(24)36-29)40-20-7-6-15-37-16-18-38(19-17-37)28-10-8-9-26(34)30(28)35/h8-11,13,21H,6-7,12,14-20,22-23H2,1-5H3. The molecule has 2 aromatic carbocycles. The highest BCUT2D eigenvalue weighted by atomic mass is 35.5. The van der Waals surface area contributed by atoms with Gasteiger partial charge in [-0.25, -0.2) is 4.99 Å². The van der Waals surface area contributed by atoms with Crippen LogP contribution in [-0.4, -0.2) is 62.9 Å². The number of ether oxygens (including phenoxy) is 3. The fourth-order valence-electron chi connectivity index (χ4n) is 5.81. The maximum absolute atomic E-state index is 12.6. The van der Waals surface area contributed by atoms with E-state index in [1.165, 1.54) is 0 Å². The average Bonchev–Trinajstić information content (AvgIpc) is 2.93. The van der Waals surface area contributed by atoms with E-state index in [1.807, 2.05) is 44.2 Å². The zero-order valence-electron chi connectivity index (χ0n) is 25.7. The molecule has 0 N–H and O–H groups in total. The number of hydrogen-bond acceptors (Lipinski definition) is 7. The minimum atomic E-state index is -0.573. The molecule has 0 atom stereocenters. The first kappa shape index (κ1) is 32.4. The Morgan fingerprint density at radius 1 is 0.952 bits per heavy atom. The highest BCUT2D eigenvalue weighted by Gasteiger charge is 2.34. The molecule has 0 spiro atoms. The molecule has 2 heterocycles. The summed E-state index contributed by atoms with van der Waals surface area (Å²) >= 11 is 12.6. The number of anilines is 1. The predicted molar refractivity (Wildman–Crippen MR) is 172 cm³/mol. The van der Waals surface area contributed by atoms with Crippen molar-refractivity contribution in [3.63, 3.8) is 0 Å². The summed E-state index contributed by atoms with van der Waals surface area (Å²) in [4.78, 5) is 22.0. The zero-order valence-corrected chi connectivity index (χ0v) is 27.2. The first-order valence-electron chi connectivity index (χ1n) is 15.0. The molecular weight excluding hydrogens is 573 g/mol. The maximum Gasteiger partial charge on any atom is 0.314 e. The lowest BCUT2D eigenvalue weighted by Gasteiger charge is -2.36. The lowest BCUT2D eigenvalue weighted by molar-refractivity contribution is -0.163. The van der Waals surface area contributed by atoms with Crippen molar-refractivity contribution >= 4 is 46.4 Å². The van der Waals surface area contributed by atoms with Crippen LogP contribution < -0.4 is 9.64 Å². The third kappa shape index (κ3) is 9.26. The second kappa shape index (κ2) is 14.3. The van der Waals surface area contributed by atoms with Crippen molar-refractivity contribution in [2.75, 3.05) is 51.0 Å². The Balaban J connectivity index is 1.16. The number of carbonyl (C=O) groups is 1. The first-order chi connectivity index (χ1) is 19.9. The summed E-state index contributed by atoms with van der Waals surface area (Å²) in [6.45, 7) is 15.7. The van der Waals surface area contributed by atoms with Gasteiger partial charge in [0, 0.05) is 38.7 Å². The molecular formula is C33H45Cl2N3O4. The Kier molecular flexibility index (Phi) is 11.1. The third-order valence-corrected chi connectivity index (χ3v) is 8.44. The second-order valence-corrected chi connectivity index (χ2v) is 13.9. The van der Waals surface area contributed by atoms with Crippen LogP contribution in [0.2, 0.25) is 10.0 Å². The number of halogens is 2. The lowest BCUT2D eigenvalue weighted by atomic mass is 9.76. The Morgan fingerprint density at radius 2 is 1.71 bits per heavy atom. The molecule has 1 saturated heterocycles. The van der Waals surface area contributed by atoms with Gasteiger partial charge in [-0.15, -0.1) is 0 Å². The van der Waals surface area contributed by atoms with Gasteiger partial charge in [-0.3, -0.25) is 9.69 Å². The lowest BCUT2D eigenvalue weighted by Crippen LogP contribution is -2.46. The molecule has 0 amide bonds. The largest absolute Gasteiger partial charge is 0.494 e. The average molecular weight is 619 g/mol. The molecule has 0 bridgehead atoms. The minimum Gasteiger partial charge on any atom is -0.494 e. The SMILES string of the molecule is CC(C)(C)CC(C)(C)C(=O)OCOC1=Nc2cc(OCCCCN3CCN(c4cccc(Cl)c4Cl)CC3)ccc2CC1. The van der Waals surface area contributed by atoms with Crippen molar-refractivity contribution in [3.8, 4) is 5.75 Å². The Bertz CT molecular complexity index is 1250. The number of esters is 1. The fourth-order valence-corrected chi connectivity index (χ4v) is 6.22. The molecule has 42 heavy (non-hydrogen) atoms. The molecule has 230 valence electrons. The number of rotatable bonds is 11. The van der Waals surface area contributed by atoms with E-state index in [0.29, 0.717) is 29.0 Å². The zero-order chi connectivity index (χ0) is 30.3. The van der Waals surface area contributed by atoms with Crippen molar-refractivity contribution in [3.05, 3.63) is 52.0 Å². The number of aryl methyl sites for hydroxylation is 1. The van der Waals surface area contributed by atoms with Gasteiger partial charge in [0.25, 0.3) is 0 Å². The number of benzene rings is 2. The molecule has 2 aliphatic rings. The van der Waals surface area contributed by atoms with Crippen LogP contribution in [0.25, 0.3) is 0 Å². The van der Waals surface area contributed by atoms with Crippen LogP contribution in [0.15, 0.2) is 41.4 Å². The number of aliphatic imine (C=N–C) groups is 1. The van der Waals surface area contributed by atoms with Gasteiger partial charge in [-0.1, -0.05) is 56.1 Å². The normalized spacial score (nSPS) is 16.1. The molecule has 2 aromatic rings. The van der Waals surface area contributed by atoms with E-state index >= 15 is 0 Å². The van der Waals surface area contributed by atoms with Crippen LogP contribution in [-0.2, 0) is 20.7 Å². The smallest absolute Gasteiger partial charge is 0.314 e. The van der Waals surface area contributed by atoms with Gasteiger partial charge in [-0.2, -0.15) is 0 Å². The van der Waals surface area contributed by atoms with Gasteiger partial charge in [0.1, 0.15) is 5.75 Å². The van der Waals surface area contributed by atoms with Crippen LogP contribution in [0.1, 0.15) is 65.9 Å². The number of piperazine rings is 1. The summed E-state index contributed by atoms with van der Waals surface area (Å²) in [7, 11) is 0. The second-order valence-electron chi connectivity index (χ2n) is 13.1. The summed E-state index contributed by atoms with van der Waals surface area (Å²) in [5.41, 5.74) is 2.49. The molecule has 1 fully saturated rings. The van der Waals surface area contributed by atoms with Crippen molar-refractivity contribution in [2.45, 2.75) is 66.7 Å². The van der Waals surface area contributed by atoms with Crippen molar-refractivity contribution in [2.24, 2.45) is 15.8 Å². The van der Waals surface area contributed by atoms with E-state index < -0.39 is 5.41 Å². The van der Waals surface area contributed by atoms with E-state index in [4.69, 9.17) is 37.4 Å². The van der Waals surface area contributed by atoms with Crippen LogP contribution >= 0.6 is 23.2 Å². The maximum atomic E-state index is 12.6. The van der Waals surface area contributed by atoms with Crippen LogP contribution in [0.4, 0.5) is 11.4 Å². The monoisotopic (exact) mass is 617 g/mol. The molecule has 4 rings (SSSR count). The van der Waals surface area contributed by atoms with Gasteiger partial charge in [0.05, 0.1) is 33.4 Å². The number of carbonyl (C=O) groups excluding carboxylic acids is 1. The predicted octanol–water partition coefficient (Wildman–Crippen LogP) is 7.93. The third-order valence-electron chi connectivity index (χ3n) is 7.63. The number of fused-ring (bicyclic) bond motifs is 1. The van der Waals surface area contributed by atoms with Gasteiger partial charge < -0.3 is 19.1 Å². The van der Waals surface area contributed by atoms with E-state index in [0.717, 1.165) is 81.1 Å². The molecule has 2 aliphatic heterocycles. The van der Waals surface area contributed by atoms with Crippen LogP contribution in [0, 0.1) is 10.8 Å². The Labute approximate surface area is 261 Å². The van der Waals surface area contributed by atoms with E-state index in [2.05, 4.69) is 41.6 Å². The van der Waals surface area contributed by atoms with Gasteiger partial charge in [0.15, 0.2) is 5.90 Å². The molecule has 0 aliphatic carbocycles. The molecule has 0 radical (unpaired) electrons. The summed E-state index contributed by atoms with van der Waals surface area (Å²) in [6.07, 6.45) is 4.29. The highest BCUT2D eigenvalue weighted by molar-refractivity contribution is 6.43. The molecule has 0 saturated carbocycles. The van der Waals surface area contributed by atoms with Gasteiger partial charge in [-0.05, 0) is 75.3 Å². The van der Waals surface area contributed by atoms with Crippen molar-refractivity contribution in [1.82, 2.24) is 4.90 Å². The number of unbranched alkanes of at least 4 members (excludes halogenated alkanes) is 1.